The summed E-state index contributed by atoms with van der Waals surface area (Å²) in [6.45, 7) is 0.916. The number of carbonyl (C=O) groups is 1. The van der Waals surface area contributed by atoms with E-state index in [1.165, 1.54) is 0 Å². The molecule has 0 fully saturated rings. The fraction of sp³-hybridized carbons (Fsp3) is 0.130. The fourth-order valence-electron chi connectivity index (χ4n) is 3.82. The van der Waals surface area contributed by atoms with Crippen molar-refractivity contribution in [1.82, 2.24) is 5.16 Å². The number of benzene rings is 3. The van der Waals surface area contributed by atoms with Crippen molar-refractivity contribution in [2.45, 2.75) is 6.54 Å². The highest BCUT2D eigenvalue weighted by Crippen LogP contribution is 2.44. The van der Waals surface area contributed by atoms with Gasteiger partial charge < -0.3 is 20.3 Å². The molecule has 0 bridgehead atoms. The molecule has 3 aromatic carbocycles. The van der Waals surface area contributed by atoms with Crippen LogP contribution in [0.25, 0.3) is 22.2 Å². The smallest absolute Gasteiger partial charge is 0.196 e. The van der Waals surface area contributed by atoms with Crippen LogP contribution in [0.2, 0.25) is 0 Å². The van der Waals surface area contributed by atoms with E-state index < -0.39 is 0 Å². The molecule has 1 aliphatic rings. The summed E-state index contributed by atoms with van der Waals surface area (Å²) in [4.78, 5) is 13.3. The Kier molecular flexibility index (Phi) is 4.26. The molecule has 1 heterocycles. The molecule has 29 heavy (non-hydrogen) atoms. The van der Waals surface area contributed by atoms with Crippen LogP contribution < -0.4 is 10.6 Å². The van der Waals surface area contributed by atoms with Crippen LogP contribution >= 0.6 is 0 Å². The molecular weight excluding hydrogens is 366 g/mol. The van der Waals surface area contributed by atoms with E-state index in [9.17, 15) is 9.90 Å². The van der Waals surface area contributed by atoms with Crippen molar-refractivity contribution < 1.29 is 14.4 Å². The van der Waals surface area contributed by atoms with Crippen molar-refractivity contribution in [2.75, 3.05) is 23.8 Å². The Balaban J connectivity index is 1.67. The van der Waals surface area contributed by atoms with Crippen LogP contribution in [0.15, 0.2) is 65.2 Å². The minimum Gasteiger partial charge on any atom is -0.395 e. The minimum absolute atomic E-state index is 0.0362. The number of fused-ring (bicyclic) bond motifs is 2. The lowest BCUT2D eigenvalue weighted by molar-refractivity contribution is 0.104. The molecule has 1 aromatic heterocycles. The quantitative estimate of drug-likeness (QED) is 0.409. The van der Waals surface area contributed by atoms with Gasteiger partial charge in [-0.05, 0) is 11.6 Å². The third-order valence-corrected chi connectivity index (χ3v) is 5.15. The molecule has 0 saturated heterocycles. The van der Waals surface area contributed by atoms with Gasteiger partial charge in [-0.15, -0.1) is 0 Å². The maximum absolute atomic E-state index is 13.3. The first kappa shape index (κ1) is 17.5. The monoisotopic (exact) mass is 385 g/mol. The van der Waals surface area contributed by atoms with Crippen molar-refractivity contribution in [3.63, 3.8) is 0 Å². The van der Waals surface area contributed by atoms with Gasteiger partial charge in [0.25, 0.3) is 0 Å². The molecule has 0 saturated carbocycles. The van der Waals surface area contributed by atoms with Crippen molar-refractivity contribution in [3.8, 4) is 11.3 Å². The molecule has 0 spiro atoms. The predicted molar refractivity (Wildman–Crippen MR) is 112 cm³/mol. The Labute approximate surface area is 167 Å². The second-order valence-corrected chi connectivity index (χ2v) is 6.95. The van der Waals surface area contributed by atoms with Gasteiger partial charge in [-0.2, -0.15) is 0 Å². The van der Waals surface area contributed by atoms with Gasteiger partial charge >= 0.3 is 0 Å². The van der Waals surface area contributed by atoms with Gasteiger partial charge in [-0.25, -0.2) is 0 Å². The second-order valence-electron chi connectivity index (χ2n) is 6.95. The van der Waals surface area contributed by atoms with Gasteiger partial charge in [0.05, 0.1) is 23.2 Å². The molecular formula is C23H19N3O3. The summed E-state index contributed by atoms with van der Waals surface area (Å²) in [6, 6.07) is 19.3. The molecule has 5 rings (SSSR count). The number of nitrogens with zero attached hydrogens (tertiary/aromatic N) is 1. The molecule has 1 aliphatic carbocycles. The van der Waals surface area contributed by atoms with Crippen LogP contribution in [-0.2, 0) is 6.54 Å². The van der Waals surface area contributed by atoms with Crippen molar-refractivity contribution in [3.05, 3.63) is 77.4 Å². The first-order valence-electron chi connectivity index (χ1n) is 9.51. The molecule has 0 radical (unpaired) electrons. The normalized spacial score (nSPS) is 12.1. The summed E-state index contributed by atoms with van der Waals surface area (Å²) >= 11 is 0. The highest BCUT2D eigenvalue weighted by atomic mass is 16.5. The topological polar surface area (TPSA) is 87.4 Å². The van der Waals surface area contributed by atoms with Crippen LogP contribution in [0.3, 0.4) is 0 Å². The SMILES string of the molecule is O=C1c2ccccc2-c2onc3c(NCc4ccccc4)cc(NCCO)c1c23. The van der Waals surface area contributed by atoms with Crippen LogP contribution in [0, 0.1) is 0 Å². The summed E-state index contributed by atoms with van der Waals surface area (Å²) < 4.78 is 5.70. The molecule has 144 valence electrons. The van der Waals surface area contributed by atoms with Crippen molar-refractivity contribution in [2.24, 2.45) is 0 Å². The average Bonchev–Trinajstić information content (AvgIpc) is 3.21. The van der Waals surface area contributed by atoms with E-state index in [0.29, 0.717) is 46.6 Å². The van der Waals surface area contributed by atoms with Crippen LogP contribution in [-0.4, -0.2) is 29.2 Å². The number of hydrogen-bond acceptors (Lipinski definition) is 6. The first-order chi connectivity index (χ1) is 14.3. The van der Waals surface area contributed by atoms with Gasteiger partial charge in [0, 0.05) is 29.9 Å². The number of carbonyl (C=O) groups excluding carboxylic acids is 1. The van der Waals surface area contributed by atoms with E-state index >= 15 is 0 Å². The van der Waals surface area contributed by atoms with E-state index in [4.69, 9.17) is 4.52 Å². The summed E-state index contributed by atoms with van der Waals surface area (Å²) in [5.41, 5.74) is 5.07. The standard InChI is InChI=1S/C23H19N3O3/c27-11-10-24-17-12-18(25-13-14-6-2-1-3-7-14)21-20-19(17)22(28)15-8-4-5-9-16(15)23(20)29-26-21/h1-9,12,24-25,27H,10-11,13H2. The van der Waals surface area contributed by atoms with Crippen molar-refractivity contribution in [1.29, 1.82) is 0 Å². The number of aliphatic hydroxyl groups is 1. The number of anilines is 2. The molecule has 0 unspecified atom stereocenters. The summed E-state index contributed by atoms with van der Waals surface area (Å²) in [7, 11) is 0. The van der Waals surface area contributed by atoms with Crippen molar-refractivity contribution >= 4 is 28.1 Å². The number of nitrogens with one attached hydrogen (secondary N) is 2. The second kappa shape index (κ2) is 7.07. The van der Waals surface area contributed by atoms with Crippen LogP contribution in [0.4, 0.5) is 11.4 Å². The Hall–Kier alpha value is -3.64. The largest absolute Gasteiger partial charge is 0.395 e. The molecule has 0 aliphatic heterocycles. The summed E-state index contributed by atoms with van der Waals surface area (Å²) in [6.07, 6.45) is 0. The number of ketones is 1. The molecule has 0 amide bonds. The Bertz CT molecular complexity index is 1220. The summed E-state index contributed by atoms with van der Waals surface area (Å²) in [5.74, 6) is 0.525. The third-order valence-electron chi connectivity index (χ3n) is 5.15. The van der Waals surface area contributed by atoms with E-state index in [-0.39, 0.29) is 12.4 Å². The molecule has 4 aromatic rings. The molecule has 0 atom stereocenters. The number of aliphatic hydroxyl groups excluding tert-OH is 1. The Morgan fingerprint density at radius 2 is 1.69 bits per heavy atom. The lowest BCUT2D eigenvalue weighted by Gasteiger charge is -2.19. The maximum atomic E-state index is 13.3. The van der Waals surface area contributed by atoms with E-state index in [2.05, 4.69) is 15.8 Å². The zero-order valence-electron chi connectivity index (χ0n) is 15.6. The van der Waals surface area contributed by atoms with E-state index in [1.807, 2.05) is 54.6 Å². The highest BCUT2D eigenvalue weighted by molar-refractivity contribution is 6.28. The average molecular weight is 385 g/mol. The van der Waals surface area contributed by atoms with E-state index in [0.717, 1.165) is 16.8 Å². The first-order valence-corrected chi connectivity index (χ1v) is 9.51. The van der Waals surface area contributed by atoms with Crippen LogP contribution in [0.1, 0.15) is 21.5 Å². The van der Waals surface area contributed by atoms with Gasteiger partial charge in [0.15, 0.2) is 11.5 Å². The number of aromatic nitrogens is 1. The predicted octanol–water partition coefficient (Wildman–Crippen LogP) is 4.06. The fourth-order valence-corrected chi connectivity index (χ4v) is 3.82. The molecule has 3 N–H and O–H groups in total. The lowest BCUT2D eigenvalue weighted by atomic mass is 9.86. The Morgan fingerprint density at radius 3 is 2.48 bits per heavy atom. The van der Waals surface area contributed by atoms with Gasteiger partial charge in [0.2, 0.25) is 0 Å². The van der Waals surface area contributed by atoms with Gasteiger partial charge in [-0.1, -0.05) is 59.8 Å². The van der Waals surface area contributed by atoms with E-state index in [1.54, 1.807) is 6.07 Å². The third kappa shape index (κ3) is 2.85. The summed E-state index contributed by atoms with van der Waals surface area (Å²) in [5, 5.41) is 20.9. The number of rotatable bonds is 6. The zero-order valence-corrected chi connectivity index (χ0v) is 15.6. The molecule has 6 nitrogen and oxygen atoms in total. The Morgan fingerprint density at radius 1 is 0.931 bits per heavy atom. The lowest BCUT2D eigenvalue weighted by Crippen LogP contribution is -2.15. The number of hydrogen-bond donors (Lipinski definition) is 3. The van der Waals surface area contributed by atoms with Crippen LogP contribution in [0.5, 0.6) is 0 Å². The van der Waals surface area contributed by atoms with Gasteiger partial charge in [-0.3, -0.25) is 4.79 Å². The minimum atomic E-state index is -0.0728. The highest BCUT2D eigenvalue weighted by Gasteiger charge is 2.32. The zero-order chi connectivity index (χ0) is 19.8. The molecule has 6 heteroatoms. The van der Waals surface area contributed by atoms with Gasteiger partial charge in [0.1, 0.15) is 5.52 Å². The maximum Gasteiger partial charge on any atom is 0.196 e.